The Balaban J connectivity index is 2.90. The molecule has 0 radical (unpaired) electrons. The molecule has 1 rings (SSSR count). The van der Waals surface area contributed by atoms with Crippen molar-refractivity contribution < 1.29 is 4.79 Å². The van der Waals surface area contributed by atoms with Crippen LogP contribution in [-0.2, 0) is 4.79 Å². The first-order valence-electron chi connectivity index (χ1n) is 3.47. The van der Waals surface area contributed by atoms with Gasteiger partial charge in [-0.05, 0) is 31.1 Å². The maximum atomic E-state index is 11.1. The summed E-state index contributed by atoms with van der Waals surface area (Å²) >= 11 is 4.76. The van der Waals surface area contributed by atoms with E-state index in [1.165, 1.54) is 0 Å². The van der Waals surface area contributed by atoms with Gasteiger partial charge in [-0.25, -0.2) is 0 Å². The molecule has 0 bridgehead atoms. The molecule has 0 aromatic rings. The van der Waals surface area contributed by atoms with Crippen molar-refractivity contribution in [1.29, 1.82) is 0 Å². The van der Waals surface area contributed by atoms with Crippen LogP contribution in [0.3, 0.4) is 0 Å². The number of hydrogen-bond acceptors (Lipinski definition) is 2. The van der Waals surface area contributed by atoms with Crippen LogP contribution >= 0.6 is 12.2 Å². The summed E-state index contributed by atoms with van der Waals surface area (Å²) < 4.78 is 0. The fraction of sp³-hybridized carbons (Fsp3) is 0.429. The predicted octanol–water partition coefficient (Wildman–Crippen LogP) is 0.675. The van der Waals surface area contributed by atoms with Gasteiger partial charge < -0.3 is 5.32 Å². The van der Waals surface area contributed by atoms with E-state index in [1.54, 1.807) is 0 Å². The van der Waals surface area contributed by atoms with Gasteiger partial charge >= 0.3 is 0 Å². The maximum Gasteiger partial charge on any atom is 0.273 e. The highest BCUT2D eigenvalue weighted by molar-refractivity contribution is 7.80. The minimum Gasteiger partial charge on any atom is -0.328 e. The molecule has 0 saturated carbocycles. The van der Waals surface area contributed by atoms with Gasteiger partial charge in [0.15, 0.2) is 5.11 Å². The molecule has 0 aromatic carbocycles. The molecule has 1 saturated heterocycles. The van der Waals surface area contributed by atoms with Gasteiger partial charge in [0, 0.05) is 0 Å². The minimum absolute atomic E-state index is 0.116. The fourth-order valence-corrected chi connectivity index (χ4v) is 1.04. The number of nitrogens with one attached hydrogen (secondary N) is 2. The molecule has 1 fully saturated rings. The molecule has 2 N–H and O–H groups in total. The van der Waals surface area contributed by atoms with Gasteiger partial charge in [-0.15, -0.1) is 0 Å². The first kappa shape index (κ1) is 8.20. The fourth-order valence-electron chi connectivity index (χ4n) is 0.844. The van der Waals surface area contributed by atoms with E-state index in [0.29, 0.717) is 10.8 Å². The SMILES string of the molecule is CC/C(C)=C1\NC(=S)NC1=O. The summed E-state index contributed by atoms with van der Waals surface area (Å²) in [6, 6.07) is 0. The van der Waals surface area contributed by atoms with Crippen LogP contribution in [0.2, 0.25) is 0 Å². The van der Waals surface area contributed by atoms with E-state index < -0.39 is 0 Å². The van der Waals surface area contributed by atoms with Crippen LogP contribution < -0.4 is 10.6 Å². The van der Waals surface area contributed by atoms with Crippen molar-refractivity contribution in [1.82, 2.24) is 10.6 Å². The van der Waals surface area contributed by atoms with Gasteiger partial charge in [-0.1, -0.05) is 6.92 Å². The van der Waals surface area contributed by atoms with E-state index in [0.717, 1.165) is 12.0 Å². The summed E-state index contributed by atoms with van der Waals surface area (Å²) in [5.41, 5.74) is 1.64. The Morgan fingerprint density at radius 3 is 2.55 bits per heavy atom. The average molecular weight is 170 g/mol. The van der Waals surface area contributed by atoms with Crippen LogP contribution in [0.4, 0.5) is 0 Å². The Labute approximate surface area is 70.9 Å². The molecule has 0 atom stereocenters. The van der Waals surface area contributed by atoms with Gasteiger partial charge in [-0.2, -0.15) is 0 Å². The number of hydrogen-bond donors (Lipinski definition) is 2. The topological polar surface area (TPSA) is 41.1 Å². The molecule has 0 aliphatic carbocycles. The number of thiocarbonyl (C=S) groups is 1. The first-order valence-corrected chi connectivity index (χ1v) is 3.88. The van der Waals surface area contributed by atoms with Crippen molar-refractivity contribution in [2.24, 2.45) is 0 Å². The van der Waals surface area contributed by atoms with Gasteiger partial charge in [0.2, 0.25) is 0 Å². The number of rotatable bonds is 1. The summed E-state index contributed by atoms with van der Waals surface area (Å²) in [6.45, 7) is 3.91. The Bertz CT molecular complexity index is 245. The second-order valence-electron chi connectivity index (χ2n) is 2.42. The van der Waals surface area contributed by atoms with Crippen molar-refractivity contribution in [2.45, 2.75) is 20.3 Å². The highest BCUT2D eigenvalue weighted by Crippen LogP contribution is 2.08. The van der Waals surface area contributed by atoms with Crippen molar-refractivity contribution in [3.63, 3.8) is 0 Å². The standard InChI is InChI=1S/C7H10N2OS/c1-3-4(2)5-6(10)9-7(11)8-5/h3H2,1-2H3,(H2,8,9,10,11)/b5-4-. The van der Waals surface area contributed by atoms with E-state index >= 15 is 0 Å². The zero-order valence-corrected chi connectivity index (χ0v) is 7.34. The third-order valence-electron chi connectivity index (χ3n) is 1.65. The van der Waals surface area contributed by atoms with Crippen LogP contribution in [0.15, 0.2) is 11.3 Å². The second-order valence-corrected chi connectivity index (χ2v) is 2.83. The smallest absolute Gasteiger partial charge is 0.273 e. The Morgan fingerprint density at radius 1 is 1.55 bits per heavy atom. The van der Waals surface area contributed by atoms with Crippen LogP contribution in [0, 0.1) is 0 Å². The summed E-state index contributed by atoms with van der Waals surface area (Å²) in [7, 11) is 0. The van der Waals surface area contributed by atoms with Crippen molar-refractivity contribution in [2.75, 3.05) is 0 Å². The lowest BCUT2D eigenvalue weighted by Crippen LogP contribution is -2.21. The van der Waals surface area contributed by atoms with Crippen molar-refractivity contribution in [3.8, 4) is 0 Å². The highest BCUT2D eigenvalue weighted by Gasteiger charge is 2.21. The molecule has 0 spiro atoms. The third-order valence-corrected chi connectivity index (χ3v) is 1.85. The number of allylic oxidation sites excluding steroid dienone is 1. The molecular weight excluding hydrogens is 160 g/mol. The third kappa shape index (κ3) is 1.57. The van der Waals surface area contributed by atoms with Gasteiger partial charge in [-0.3, -0.25) is 10.1 Å². The summed E-state index contributed by atoms with van der Waals surface area (Å²) in [5.74, 6) is -0.116. The molecule has 1 amide bonds. The van der Waals surface area contributed by atoms with Gasteiger partial charge in [0.25, 0.3) is 5.91 Å². The Morgan fingerprint density at radius 2 is 2.18 bits per heavy atom. The summed E-state index contributed by atoms with van der Waals surface area (Å²) in [5, 5.41) is 5.71. The number of amides is 1. The lowest BCUT2D eigenvalue weighted by atomic mass is 10.2. The van der Waals surface area contributed by atoms with E-state index in [4.69, 9.17) is 12.2 Å². The number of carbonyl (C=O) groups is 1. The van der Waals surface area contributed by atoms with E-state index in [-0.39, 0.29) is 5.91 Å². The molecular formula is C7H10N2OS. The van der Waals surface area contributed by atoms with E-state index in [2.05, 4.69) is 10.6 Å². The number of carbonyl (C=O) groups excluding carboxylic acids is 1. The zero-order chi connectivity index (χ0) is 8.43. The first-order chi connectivity index (χ1) is 5.15. The predicted molar refractivity (Wildman–Crippen MR) is 46.9 cm³/mol. The molecule has 3 nitrogen and oxygen atoms in total. The molecule has 60 valence electrons. The van der Waals surface area contributed by atoms with Gasteiger partial charge in [0.1, 0.15) is 5.70 Å². The maximum absolute atomic E-state index is 11.1. The quantitative estimate of drug-likeness (QED) is 0.449. The summed E-state index contributed by atoms with van der Waals surface area (Å²) in [4.78, 5) is 11.1. The molecule has 1 heterocycles. The lowest BCUT2D eigenvalue weighted by molar-refractivity contribution is -0.115. The second kappa shape index (κ2) is 3.00. The van der Waals surface area contributed by atoms with Crippen molar-refractivity contribution in [3.05, 3.63) is 11.3 Å². The summed E-state index contributed by atoms with van der Waals surface area (Å²) in [6.07, 6.45) is 0.859. The normalized spacial score (nSPS) is 21.3. The van der Waals surface area contributed by atoms with Crippen LogP contribution in [-0.4, -0.2) is 11.0 Å². The largest absolute Gasteiger partial charge is 0.328 e. The lowest BCUT2D eigenvalue weighted by Gasteiger charge is -1.98. The molecule has 0 aromatic heterocycles. The molecule has 4 heteroatoms. The minimum atomic E-state index is -0.116. The van der Waals surface area contributed by atoms with Crippen LogP contribution in [0.25, 0.3) is 0 Å². The average Bonchev–Trinajstić information content (AvgIpc) is 2.28. The molecule has 0 unspecified atom stereocenters. The highest BCUT2D eigenvalue weighted by atomic mass is 32.1. The zero-order valence-electron chi connectivity index (χ0n) is 6.52. The van der Waals surface area contributed by atoms with Crippen LogP contribution in [0.5, 0.6) is 0 Å². The van der Waals surface area contributed by atoms with E-state index in [9.17, 15) is 4.79 Å². The van der Waals surface area contributed by atoms with E-state index in [1.807, 2.05) is 13.8 Å². The van der Waals surface area contributed by atoms with Crippen molar-refractivity contribution >= 4 is 23.2 Å². The van der Waals surface area contributed by atoms with Crippen LogP contribution in [0.1, 0.15) is 20.3 Å². The monoisotopic (exact) mass is 170 g/mol. The Kier molecular flexibility index (Phi) is 2.24. The Hall–Kier alpha value is -0.900. The van der Waals surface area contributed by atoms with Gasteiger partial charge in [0.05, 0.1) is 0 Å². The molecule has 1 aliphatic rings. The molecule has 11 heavy (non-hydrogen) atoms. The molecule has 1 aliphatic heterocycles.